The molecule has 1 aliphatic heterocycles. The van der Waals surface area contributed by atoms with Crippen molar-refractivity contribution in [3.8, 4) is 10.4 Å². The highest BCUT2D eigenvalue weighted by Gasteiger charge is 2.54. The van der Waals surface area contributed by atoms with Crippen molar-refractivity contribution < 1.29 is 25.2 Å². The molecule has 0 radical (unpaired) electrons. The van der Waals surface area contributed by atoms with Crippen LogP contribution in [-0.4, -0.2) is 50.9 Å². The number of rotatable bonds is 9. The summed E-state index contributed by atoms with van der Waals surface area (Å²) >= 11 is 8.40. The van der Waals surface area contributed by atoms with E-state index < -0.39 is 42.0 Å². The van der Waals surface area contributed by atoms with Gasteiger partial charge in [-0.2, -0.15) is 0 Å². The first-order chi connectivity index (χ1) is 23.9. The molecule has 1 unspecified atom stereocenters. The third kappa shape index (κ3) is 6.38. The monoisotopic (exact) mass is 688 g/mol. The van der Waals surface area contributed by atoms with Crippen molar-refractivity contribution in [3.05, 3.63) is 189 Å². The van der Waals surface area contributed by atoms with Gasteiger partial charge in [0.05, 0.1) is 5.41 Å². The smallest absolute Gasteiger partial charge is 0.114 e. The minimum atomic E-state index is -1.59. The van der Waals surface area contributed by atoms with Crippen LogP contribution < -0.4 is 0 Å². The Kier molecular flexibility index (Phi) is 9.81. The Morgan fingerprint density at radius 2 is 1.16 bits per heavy atom. The third-order valence-electron chi connectivity index (χ3n) is 9.58. The summed E-state index contributed by atoms with van der Waals surface area (Å²) in [5, 5.41) is 47.4. The molecule has 0 amide bonds. The predicted molar refractivity (Wildman–Crippen MR) is 195 cm³/mol. The minimum Gasteiger partial charge on any atom is -0.389 e. The molecular weight excluding hydrogens is 652 g/mol. The molecule has 1 saturated heterocycles. The van der Waals surface area contributed by atoms with Crippen molar-refractivity contribution in [2.45, 2.75) is 48.5 Å². The van der Waals surface area contributed by atoms with E-state index in [0.29, 0.717) is 17.0 Å². The maximum atomic E-state index is 12.7. The van der Waals surface area contributed by atoms with Crippen molar-refractivity contribution in [2.75, 3.05) is 0 Å². The molecule has 5 nitrogen and oxygen atoms in total. The molecule has 248 valence electrons. The first-order valence-corrected chi connectivity index (χ1v) is 17.5. The van der Waals surface area contributed by atoms with Gasteiger partial charge in [-0.05, 0) is 51.6 Å². The van der Waals surface area contributed by atoms with Crippen LogP contribution in [0.5, 0.6) is 0 Å². The number of benzene rings is 5. The summed E-state index contributed by atoms with van der Waals surface area (Å²) in [5.41, 5.74) is 3.71. The Bertz CT molecular complexity index is 1870. The number of hydrogen-bond donors (Lipinski definition) is 4. The van der Waals surface area contributed by atoms with E-state index in [1.807, 2.05) is 115 Å². The zero-order valence-corrected chi connectivity index (χ0v) is 28.2. The maximum absolute atomic E-state index is 12.7. The van der Waals surface area contributed by atoms with Crippen LogP contribution in [0.25, 0.3) is 10.4 Å². The van der Waals surface area contributed by atoms with Gasteiger partial charge in [0, 0.05) is 21.2 Å². The topological polar surface area (TPSA) is 90.2 Å². The Balaban J connectivity index is 1.26. The van der Waals surface area contributed by atoms with Crippen molar-refractivity contribution in [1.29, 1.82) is 0 Å². The number of ether oxygens (including phenoxy) is 1. The van der Waals surface area contributed by atoms with Crippen LogP contribution in [0.4, 0.5) is 0 Å². The van der Waals surface area contributed by atoms with Gasteiger partial charge >= 0.3 is 0 Å². The summed E-state index contributed by atoms with van der Waals surface area (Å²) in [7, 11) is 0. The van der Waals surface area contributed by atoms with Crippen molar-refractivity contribution in [3.63, 3.8) is 0 Å². The average molecular weight is 689 g/mol. The van der Waals surface area contributed by atoms with E-state index in [2.05, 4.69) is 24.3 Å². The summed E-state index contributed by atoms with van der Waals surface area (Å²) in [6.45, 7) is 0. The van der Waals surface area contributed by atoms with Crippen molar-refractivity contribution in [2.24, 2.45) is 0 Å². The lowest BCUT2D eigenvalue weighted by atomic mass is 9.63. The summed E-state index contributed by atoms with van der Waals surface area (Å²) in [6.07, 6.45) is -7.84. The van der Waals surface area contributed by atoms with E-state index >= 15 is 0 Å². The van der Waals surface area contributed by atoms with Gasteiger partial charge in [0.15, 0.2) is 0 Å². The fraction of sp³-hybridized carbons (Fsp3) is 0.190. The van der Waals surface area contributed by atoms with Crippen molar-refractivity contribution >= 4 is 22.9 Å². The third-order valence-corrected chi connectivity index (χ3v) is 11.1. The number of hydrogen-bond acceptors (Lipinski definition) is 6. The molecule has 1 aliphatic rings. The molecule has 1 fully saturated rings. The van der Waals surface area contributed by atoms with E-state index in [0.717, 1.165) is 37.6 Å². The van der Waals surface area contributed by atoms with Crippen LogP contribution in [0.1, 0.15) is 38.8 Å². The van der Waals surface area contributed by atoms with Crippen LogP contribution in [0, 0.1) is 0 Å². The zero-order valence-electron chi connectivity index (χ0n) is 26.6. The highest BCUT2D eigenvalue weighted by Crippen LogP contribution is 2.47. The Hall–Kier alpha value is -4.11. The van der Waals surface area contributed by atoms with E-state index in [1.54, 1.807) is 23.5 Å². The van der Waals surface area contributed by atoms with Gasteiger partial charge in [-0.15, -0.1) is 11.3 Å². The Labute approximate surface area is 295 Å². The van der Waals surface area contributed by atoms with Gasteiger partial charge in [-0.25, -0.2) is 0 Å². The molecule has 5 aromatic carbocycles. The first-order valence-electron chi connectivity index (χ1n) is 16.3. The lowest BCUT2D eigenvalue weighted by Crippen LogP contribution is -2.62. The number of aliphatic hydroxyl groups is 4. The van der Waals surface area contributed by atoms with Crippen molar-refractivity contribution in [1.82, 2.24) is 0 Å². The lowest BCUT2D eigenvalue weighted by molar-refractivity contribution is -0.249. The predicted octanol–water partition coefficient (Wildman–Crippen LogP) is 7.58. The Morgan fingerprint density at radius 1 is 0.633 bits per heavy atom. The van der Waals surface area contributed by atoms with Crippen LogP contribution in [0.15, 0.2) is 152 Å². The number of aliphatic hydroxyl groups excluding tert-OH is 4. The molecule has 0 bridgehead atoms. The highest BCUT2D eigenvalue weighted by molar-refractivity contribution is 7.15. The number of halogens is 1. The molecule has 49 heavy (non-hydrogen) atoms. The van der Waals surface area contributed by atoms with Crippen LogP contribution >= 0.6 is 22.9 Å². The SMILES string of the molecule is OC([C@H]1O[C@@H](c2ccc(Cl)c(Cc3ccc(-c4ccccc4)s3)c2)[C@H](O)[C@@H](O)[C@@H]1O)C(c1ccccc1)(c1ccccc1)c1ccccc1. The normalized spacial score (nSPS) is 21.7. The minimum absolute atomic E-state index is 0.559. The highest BCUT2D eigenvalue weighted by atomic mass is 35.5. The summed E-state index contributed by atoms with van der Waals surface area (Å²) in [6, 6.07) is 48.7. The lowest BCUT2D eigenvalue weighted by Gasteiger charge is -2.48. The Morgan fingerprint density at radius 3 is 1.71 bits per heavy atom. The van der Waals surface area contributed by atoms with Gasteiger partial charge in [-0.3, -0.25) is 0 Å². The number of thiophene rings is 1. The molecular formula is C42H37ClO5S. The molecule has 6 aromatic rings. The largest absolute Gasteiger partial charge is 0.389 e. The second-order valence-corrected chi connectivity index (χ2v) is 14.1. The van der Waals surface area contributed by atoms with Gasteiger partial charge in [0.1, 0.15) is 36.6 Å². The van der Waals surface area contributed by atoms with Gasteiger partial charge in [0.2, 0.25) is 0 Å². The van der Waals surface area contributed by atoms with Crippen LogP contribution in [0.2, 0.25) is 5.02 Å². The first kappa shape index (κ1) is 33.4. The average Bonchev–Trinajstić information content (AvgIpc) is 3.62. The van der Waals surface area contributed by atoms with Crippen LogP contribution in [0.3, 0.4) is 0 Å². The molecule has 6 atom stereocenters. The maximum Gasteiger partial charge on any atom is 0.114 e. The van der Waals surface area contributed by atoms with E-state index in [9.17, 15) is 20.4 Å². The molecule has 2 heterocycles. The van der Waals surface area contributed by atoms with Gasteiger partial charge in [-0.1, -0.05) is 145 Å². The molecule has 4 N–H and O–H groups in total. The summed E-state index contributed by atoms with van der Waals surface area (Å²) in [5.74, 6) is 0. The summed E-state index contributed by atoms with van der Waals surface area (Å²) < 4.78 is 6.56. The fourth-order valence-corrected chi connectivity index (χ4v) is 8.35. The quantitative estimate of drug-likeness (QED) is 0.118. The van der Waals surface area contributed by atoms with E-state index in [4.69, 9.17) is 16.3 Å². The molecule has 0 spiro atoms. The molecule has 7 heteroatoms. The zero-order chi connectivity index (χ0) is 34.0. The molecule has 1 aromatic heterocycles. The standard InChI is InChI=1S/C42H37ClO5S/c43-34-23-21-28(25-29(34)26-33-22-24-35(49-33)27-13-5-1-6-14-27)39-37(45)36(44)38(46)40(48-39)41(47)42(30-15-7-2-8-16-30,31-17-9-3-10-18-31)32-19-11-4-12-20-32/h1-25,36-41,44-47H,26H2/t36-,37-,38+,39+,40+,41?/m1/s1. The fourth-order valence-electron chi connectivity index (χ4n) is 7.13. The molecule has 0 saturated carbocycles. The van der Waals surface area contributed by atoms with Gasteiger partial charge in [0.25, 0.3) is 0 Å². The molecule has 0 aliphatic carbocycles. The summed E-state index contributed by atoms with van der Waals surface area (Å²) in [4.78, 5) is 2.27. The molecule has 7 rings (SSSR count). The second kappa shape index (κ2) is 14.4. The second-order valence-electron chi connectivity index (χ2n) is 12.5. The van der Waals surface area contributed by atoms with E-state index in [1.165, 1.54) is 0 Å². The van der Waals surface area contributed by atoms with Gasteiger partial charge < -0.3 is 25.2 Å². The van der Waals surface area contributed by atoms with E-state index in [-0.39, 0.29) is 0 Å². The van der Waals surface area contributed by atoms with Crippen LogP contribution in [-0.2, 0) is 16.6 Å².